The number of rotatable bonds is 16. The Hall–Kier alpha value is -4.77. The lowest BCUT2D eigenvalue weighted by Gasteiger charge is -2.27. The van der Waals surface area contributed by atoms with Crippen LogP contribution < -0.4 is 19.2 Å². The van der Waals surface area contributed by atoms with Crippen LogP contribution in [0.3, 0.4) is 0 Å². The number of thiazole rings is 1. The predicted molar refractivity (Wildman–Crippen MR) is 247 cm³/mol. The number of aromatic nitrogens is 1. The maximum Gasteiger partial charge on any atom is 0.314 e. The van der Waals surface area contributed by atoms with Crippen molar-refractivity contribution in [3.8, 4) is 28.4 Å². The summed E-state index contributed by atoms with van der Waals surface area (Å²) in [6.45, 7) is 19.6. The van der Waals surface area contributed by atoms with Gasteiger partial charge in [0, 0.05) is 12.7 Å². The summed E-state index contributed by atoms with van der Waals surface area (Å²) < 4.78 is 30.2. The standard InChI is InChI=1S/C47H57N3O6S.C3H8/c1-46(2,3)37-18-16-34(17-19-37)41-25-24-40(30-36(41)31-48-50(26-27-53-29-28-52-7)45-49-42-10-8-9-11-43(42)57-45)54-32-33-12-14-35(15-13-33)44(51)55-38-20-22-39(23-21-38)56-47(4,5)6;1-3-2/h8-11,16-25,30-31,33,35H,12-15,26-29,32H2,1-7H3;3H2,1-2H3/b48-31+;. The summed E-state index contributed by atoms with van der Waals surface area (Å²) in [6.07, 6.45) is 6.50. The van der Waals surface area contributed by atoms with Gasteiger partial charge in [-0.3, -0.25) is 4.79 Å². The molecule has 1 aromatic heterocycles. The molecule has 1 saturated carbocycles. The molecule has 0 spiro atoms. The van der Waals surface area contributed by atoms with E-state index < -0.39 is 0 Å². The van der Waals surface area contributed by atoms with Gasteiger partial charge in [-0.15, -0.1) is 0 Å². The number of fused-ring (bicyclic) bond motifs is 1. The molecule has 0 saturated heterocycles. The maximum absolute atomic E-state index is 13.1. The Kier molecular flexibility index (Phi) is 17.1. The van der Waals surface area contributed by atoms with Crippen molar-refractivity contribution in [3.05, 3.63) is 102 Å². The number of esters is 1. The van der Waals surface area contributed by atoms with E-state index in [1.165, 1.54) is 12.0 Å². The highest BCUT2D eigenvalue weighted by molar-refractivity contribution is 7.22. The fourth-order valence-corrected chi connectivity index (χ4v) is 7.71. The summed E-state index contributed by atoms with van der Waals surface area (Å²) in [5, 5.41) is 7.74. The molecule has 6 rings (SSSR count). The van der Waals surface area contributed by atoms with Crippen LogP contribution in [0.25, 0.3) is 21.3 Å². The van der Waals surface area contributed by atoms with Crippen molar-refractivity contribution >= 4 is 38.9 Å². The van der Waals surface area contributed by atoms with E-state index in [1.54, 1.807) is 30.6 Å². The van der Waals surface area contributed by atoms with Crippen molar-refractivity contribution in [2.24, 2.45) is 16.9 Å². The summed E-state index contributed by atoms with van der Waals surface area (Å²) in [5.74, 6) is 2.12. The Labute approximate surface area is 362 Å². The molecular formula is C50H65N3O6S. The van der Waals surface area contributed by atoms with Gasteiger partial charge in [0.1, 0.15) is 22.8 Å². The molecule has 10 heteroatoms. The van der Waals surface area contributed by atoms with Crippen LogP contribution in [0.5, 0.6) is 17.2 Å². The monoisotopic (exact) mass is 835 g/mol. The second-order valence-corrected chi connectivity index (χ2v) is 18.4. The predicted octanol–water partition coefficient (Wildman–Crippen LogP) is 12.1. The first kappa shape index (κ1) is 46.3. The zero-order chi connectivity index (χ0) is 43.1. The van der Waals surface area contributed by atoms with Gasteiger partial charge in [-0.25, -0.2) is 9.99 Å². The summed E-state index contributed by atoms with van der Waals surface area (Å²) in [5.41, 5.74) is 5.08. The van der Waals surface area contributed by atoms with E-state index in [-0.39, 0.29) is 22.9 Å². The molecule has 1 fully saturated rings. The zero-order valence-corrected chi connectivity index (χ0v) is 38.0. The van der Waals surface area contributed by atoms with E-state index in [1.807, 2.05) is 68.4 Å². The van der Waals surface area contributed by atoms with Crippen LogP contribution in [-0.2, 0) is 19.7 Å². The van der Waals surface area contributed by atoms with Gasteiger partial charge in [-0.05, 0) is 123 Å². The molecule has 1 heterocycles. The number of benzene rings is 4. The highest BCUT2D eigenvalue weighted by atomic mass is 32.1. The highest BCUT2D eigenvalue weighted by Gasteiger charge is 2.28. The van der Waals surface area contributed by atoms with E-state index >= 15 is 0 Å². The molecule has 0 bridgehead atoms. The number of carbonyl (C=O) groups is 1. The number of hydrogen-bond donors (Lipinski definition) is 0. The van der Waals surface area contributed by atoms with Crippen LogP contribution in [0.15, 0.2) is 96.1 Å². The van der Waals surface area contributed by atoms with Gasteiger partial charge in [0.25, 0.3) is 0 Å². The number of hydrazone groups is 1. The fraction of sp³-hybridized carbons (Fsp3) is 0.460. The largest absolute Gasteiger partial charge is 0.493 e. The number of para-hydroxylation sites is 1. The Morgan fingerprint density at radius 3 is 2.15 bits per heavy atom. The Balaban J connectivity index is 0.00000221. The Bertz CT molecular complexity index is 2060. The van der Waals surface area contributed by atoms with Crippen molar-refractivity contribution < 1.29 is 28.5 Å². The van der Waals surface area contributed by atoms with Crippen molar-refractivity contribution in [2.45, 2.75) is 98.5 Å². The third kappa shape index (κ3) is 14.2. The third-order valence-corrected chi connectivity index (χ3v) is 11.0. The van der Waals surface area contributed by atoms with Crippen molar-refractivity contribution in [3.63, 3.8) is 0 Å². The van der Waals surface area contributed by atoms with E-state index in [2.05, 4.69) is 77.1 Å². The third-order valence-electron chi connectivity index (χ3n) is 9.94. The minimum Gasteiger partial charge on any atom is -0.493 e. The molecule has 60 heavy (non-hydrogen) atoms. The number of hydrogen-bond acceptors (Lipinski definition) is 10. The van der Waals surface area contributed by atoms with Crippen molar-refractivity contribution in [1.29, 1.82) is 0 Å². The number of anilines is 1. The summed E-state index contributed by atoms with van der Waals surface area (Å²) in [7, 11) is 1.67. The first-order chi connectivity index (χ1) is 28.8. The van der Waals surface area contributed by atoms with E-state index in [0.717, 1.165) is 69.2 Å². The average Bonchev–Trinajstić information content (AvgIpc) is 3.66. The minimum atomic E-state index is -0.292. The second-order valence-electron chi connectivity index (χ2n) is 17.4. The zero-order valence-electron chi connectivity index (χ0n) is 37.2. The van der Waals surface area contributed by atoms with Crippen LogP contribution in [0.4, 0.5) is 5.13 Å². The molecule has 322 valence electrons. The lowest BCUT2D eigenvalue weighted by Crippen LogP contribution is -2.27. The van der Waals surface area contributed by atoms with E-state index in [9.17, 15) is 4.79 Å². The SMILES string of the molecule is CCC.COCCOCCN(/N=C/c1cc(OCC2CCC(C(=O)Oc3ccc(OC(C)(C)C)cc3)CC2)ccc1-c1ccc(C(C)(C)C)cc1)c1nc2ccccc2s1. The quantitative estimate of drug-likeness (QED) is 0.0319. The smallest absolute Gasteiger partial charge is 0.314 e. The number of methoxy groups -OCH3 is 1. The summed E-state index contributed by atoms with van der Waals surface area (Å²) >= 11 is 1.61. The maximum atomic E-state index is 13.1. The minimum absolute atomic E-state index is 0.0527. The topological polar surface area (TPSA) is 91.7 Å². The number of ether oxygens (including phenoxy) is 5. The van der Waals surface area contributed by atoms with Gasteiger partial charge in [0.05, 0.1) is 55.3 Å². The number of carbonyl (C=O) groups excluding carboxylic acids is 1. The highest BCUT2D eigenvalue weighted by Crippen LogP contribution is 2.34. The molecule has 0 unspecified atom stereocenters. The van der Waals surface area contributed by atoms with Gasteiger partial charge in [-0.1, -0.05) is 94.8 Å². The Morgan fingerprint density at radius 1 is 0.833 bits per heavy atom. The fourth-order valence-electron chi connectivity index (χ4n) is 6.76. The molecule has 9 nitrogen and oxygen atoms in total. The van der Waals surface area contributed by atoms with E-state index in [0.29, 0.717) is 44.6 Å². The molecule has 1 aliphatic rings. The van der Waals surface area contributed by atoms with Gasteiger partial charge < -0.3 is 23.7 Å². The number of nitrogens with zero attached hydrogens (tertiary/aromatic N) is 3. The van der Waals surface area contributed by atoms with Crippen molar-refractivity contribution in [1.82, 2.24) is 4.98 Å². The average molecular weight is 836 g/mol. The normalized spacial score (nSPS) is 15.7. The first-order valence-electron chi connectivity index (χ1n) is 21.4. The lowest BCUT2D eigenvalue weighted by atomic mass is 9.82. The van der Waals surface area contributed by atoms with Gasteiger partial charge >= 0.3 is 5.97 Å². The summed E-state index contributed by atoms with van der Waals surface area (Å²) in [4.78, 5) is 17.9. The second kappa shape index (κ2) is 22.2. The molecule has 5 aromatic rings. The van der Waals surface area contributed by atoms with Crippen LogP contribution in [-0.4, -0.2) is 62.9 Å². The molecule has 0 atom stereocenters. The Morgan fingerprint density at radius 2 is 1.50 bits per heavy atom. The molecule has 0 aliphatic heterocycles. The van der Waals surface area contributed by atoms with Crippen LogP contribution in [0, 0.1) is 11.8 Å². The molecule has 0 N–H and O–H groups in total. The molecule has 0 radical (unpaired) electrons. The van der Waals surface area contributed by atoms with Gasteiger partial charge in [-0.2, -0.15) is 5.10 Å². The molecular weight excluding hydrogens is 771 g/mol. The summed E-state index contributed by atoms with van der Waals surface area (Å²) in [6, 6.07) is 30.4. The van der Waals surface area contributed by atoms with E-state index in [4.69, 9.17) is 33.8 Å². The molecule has 1 aliphatic carbocycles. The van der Waals surface area contributed by atoms with Gasteiger partial charge in [0.15, 0.2) is 0 Å². The first-order valence-corrected chi connectivity index (χ1v) is 22.2. The molecule has 0 amide bonds. The van der Waals surface area contributed by atoms with Crippen LogP contribution >= 0.6 is 11.3 Å². The van der Waals surface area contributed by atoms with Crippen LogP contribution in [0.1, 0.15) is 98.6 Å². The van der Waals surface area contributed by atoms with Gasteiger partial charge in [0.2, 0.25) is 5.13 Å². The van der Waals surface area contributed by atoms with Crippen LogP contribution in [0.2, 0.25) is 0 Å². The van der Waals surface area contributed by atoms with Crippen molar-refractivity contribution in [2.75, 3.05) is 45.1 Å². The lowest BCUT2D eigenvalue weighted by molar-refractivity contribution is -0.140. The molecule has 4 aromatic carbocycles.